The van der Waals surface area contributed by atoms with Crippen molar-refractivity contribution in [2.45, 2.75) is 58.0 Å². The van der Waals surface area contributed by atoms with Crippen molar-refractivity contribution in [3.8, 4) is 0 Å². The second kappa shape index (κ2) is 5.66. The summed E-state index contributed by atoms with van der Waals surface area (Å²) in [5.41, 5.74) is 2.60. The van der Waals surface area contributed by atoms with E-state index in [0.717, 1.165) is 6.42 Å². The van der Waals surface area contributed by atoms with Gasteiger partial charge in [0.15, 0.2) is 0 Å². The molecule has 0 bridgehead atoms. The first-order valence-corrected chi connectivity index (χ1v) is 6.91. The average molecular weight is 245 g/mol. The van der Waals surface area contributed by atoms with Crippen LogP contribution in [0, 0.1) is 0 Å². The topological polar surface area (TPSA) is 29.1 Å². The maximum absolute atomic E-state index is 11.6. The van der Waals surface area contributed by atoms with Crippen LogP contribution in [0.25, 0.3) is 0 Å². The molecule has 1 saturated carbocycles. The SMILES string of the molecule is CC(=O)C(Cc1ccc(C(C)C)cc1)NC1CC1. The molecule has 1 aliphatic rings. The van der Waals surface area contributed by atoms with Gasteiger partial charge >= 0.3 is 0 Å². The van der Waals surface area contributed by atoms with Crippen LogP contribution in [-0.4, -0.2) is 17.9 Å². The zero-order valence-corrected chi connectivity index (χ0v) is 11.6. The summed E-state index contributed by atoms with van der Waals surface area (Å²) in [5, 5.41) is 3.43. The van der Waals surface area contributed by atoms with Gasteiger partial charge in [-0.15, -0.1) is 0 Å². The lowest BCUT2D eigenvalue weighted by Crippen LogP contribution is -2.38. The van der Waals surface area contributed by atoms with Crippen LogP contribution in [0.15, 0.2) is 24.3 Å². The summed E-state index contributed by atoms with van der Waals surface area (Å²) >= 11 is 0. The molecule has 1 fully saturated rings. The first kappa shape index (κ1) is 13.3. The van der Waals surface area contributed by atoms with Gasteiger partial charge in [0, 0.05) is 6.04 Å². The third kappa shape index (κ3) is 3.67. The van der Waals surface area contributed by atoms with Crippen LogP contribution in [-0.2, 0) is 11.2 Å². The van der Waals surface area contributed by atoms with Gasteiger partial charge in [0.05, 0.1) is 6.04 Å². The highest BCUT2D eigenvalue weighted by Crippen LogP contribution is 2.21. The van der Waals surface area contributed by atoms with Crippen LogP contribution < -0.4 is 5.32 Å². The highest BCUT2D eigenvalue weighted by Gasteiger charge is 2.26. The third-order valence-corrected chi connectivity index (χ3v) is 3.59. The van der Waals surface area contributed by atoms with Gasteiger partial charge in [0.25, 0.3) is 0 Å². The van der Waals surface area contributed by atoms with Crippen molar-refractivity contribution in [2.75, 3.05) is 0 Å². The van der Waals surface area contributed by atoms with E-state index in [2.05, 4.69) is 43.4 Å². The smallest absolute Gasteiger partial charge is 0.147 e. The molecule has 1 aromatic carbocycles. The molecule has 2 nitrogen and oxygen atoms in total. The van der Waals surface area contributed by atoms with E-state index >= 15 is 0 Å². The van der Waals surface area contributed by atoms with Crippen molar-refractivity contribution in [3.05, 3.63) is 35.4 Å². The highest BCUT2D eigenvalue weighted by atomic mass is 16.1. The zero-order valence-electron chi connectivity index (χ0n) is 11.6. The monoisotopic (exact) mass is 245 g/mol. The summed E-state index contributed by atoms with van der Waals surface area (Å²) in [6.45, 7) is 6.08. The van der Waals surface area contributed by atoms with Crippen LogP contribution >= 0.6 is 0 Å². The number of rotatable bonds is 6. The summed E-state index contributed by atoms with van der Waals surface area (Å²) in [4.78, 5) is 11.6. The van der Waals surface area contributed by atoms with Gasteiger partial charge in [-0.05, 0) is 43.2 Å². The minimum Gasteiger partial charge on any atom is -0.304 e. The molecule has 1 N–H and O–H groups in total. The van der Waals surface area contributed by atoms with E-state index in [9.17, 15) is 4.79 Å². The van der Waals surface area contributed by atoms with Gasteiger partial charge < -0.3 is 5.32 Å². The molecule has 0 amide bonds. The van der Waals surface area contributed by atoms with E-state index in [1.54, 1.807) is 6.92 Å². The predicted octanol–water partition coefficient (Wildman–Crippen LogP) is 3.06. The predicted molar refractivity (Wildman–Crippen MR) is 74.9 cm³/mol. The van der Waals surface area contributed by atoms with Gasteiger partial charge in [0.1, 0.15) is 5.78 Å². The lowest BCUT2D eigenvalue weighted by molar-refractivity contribution is -0.119. The Kier molecular flexibility index (Phi) is 4.18. The van der Waals surface area contributed by atoms with Crippen molar-refractivity contribution in [2.24, 2.45) is 0 Å². The highest BCUT2D eigenvalue weighted by molar-refractivity contribution is 5.81. The molecule has 0 aromatic heterocycles. The quantitative estimate of drug-likeness (QED) is 0.834. The molecule has 2 heteroatoms. The molecule has 98 valence electrons. The number of benzene rings is 1. The van der Waals surface area contributed by atoms with Crippen LogP contribution in [0.5, 0.6) is 0 Å². The Bertz CT molecular complexity index is 404. The summed E-state index contributed by atoms with van der Waals surface area (Å²) in [7, 11) is 0. The molecule has 0 spiro atoms. The molecule has 0 heterocycles. The van der Waals surface area contributed by atoms with E-state index in [1.165, 1.54) is 24.0 Å². The summed E-state index contributed by atoms with van der Waals surface area (Å²) < 4.78 is 0. The maximum Gasteiger partial charge on any atom is 0.147 e. The van der Waals surface area contributed by atoms with Crippen molar-refractivity contribution >= 4 is 5.78 Å². The molecule has 1 unspecified atom stereocenters. The van der Waals surface area contributed by atoms with E-state index in [0.29, 0.717) is 12.0 Å². The number of Topliss-reactive ketones (excluding diaryl/α,β-unsaturated/α-hetero) is 1. The third-order valence-electron chi connectivity index (χ3n) is 3.59. The van der Waals surface area contributed by atoms with Crippen molar-refractivity contribution < 1.29 is 4.79 Å². The van der Waals surface area contributed by atoms with Gasteiger partial charge in [-0.3, -0.25) is 4.79 Å². The molecule has 2 rings (SSSR count). The normalized spacial score (nSPS) is 16.9. The number of carbonyl (C=O) groups excluding carboxylic acids is 1. The van der Waals surface area contributed by atoms with Crippen LogP contribution in [0.2, 0.25) is 0 Å². The standard InChI is InChI=1S/C16H23NO/c1-11(2)14-6-4-13(5-7-14)10-16(12(3)18)17-15-8-9-15/h4-7,11,15-17H,8-10H2,1-3H3. The van der Waals surface area contributed by atoms with Crippen molar-refractivity contribution in [3.63, 3.8) is 0 Å². The second-order valence-corrected chi connectivity index (χ2v) is 5.70. The lowest BCUT2D eigenvalue weighted by atomic mass is 9.98. The average Bonchev–Trinajstić information content (AvgIpc) is 3.12. The molecule has 1 aromatic rings. The molecule has 18 heavy (non-hydrogen) atoms. The Labute approximate surface area is 110 Å². The molecule has 0 saturated heterocycles. The van der Waals surface area contributed by atoms with Crippen LogP contribution in [0.1, 0.15) is 50.7 Å². The van der Waals surface area contributed by atoms with Crippen LogP contribution in [0.3, 0.4) is 0 Å². The van der Waals surface area contributed by atoms with Gasteiger partial charge in [-0.1, -0.05) is 38.1 Å². The fourth-order valence-electron chi connectivity index (χ4n) is 2.13. The Balaban J connectivity index is 1.99. The zero-order chi connectivity index (χ0) is 13.1. The molecular formula is C16H23NO. The first-order chi connectivity index (χ1) is 8.56. The minimum absolute atomic E-state index is 0.0117. The van der Waals surface area contributed by atoms with Gasteiger partial charge in [-0.2, -0.15) is 0 Å². The summed E-state index contributed by atoms with van der Waals surface area (Å²) in [6.07, 6.45) is 3.25. The number of ketones is 1. The minimum atomic E-state index is -0.0117. The lowest BCUT2D eigenvalue weighted by Gasteiger charge is -2.16. The molecular weight excluding hydrogens is 222 g/mol. The Morgan fingerprint density at radius 1 is 1.28 bits per heavy atom. The van der Waals surface area contributed by atoms with E-state index in [-0.39, 0.29) is 11.8 Å². The Morgan fingerprint density at radius 3 is 2.33 bits per heavy atom. The van der Waals surface area contributed by atoms with Gasteiger partial charge in [-0.25, -0.2) is 0 Å². The summed E-state index contributed by atoms with van der Waals surface area (Å²) in [5.74, 6) is 0.807. The first-order valence-electron chi connectivity index (χ1n) is 6.91. The number of nitrogens with one attached hydrogen (secondary N) is 1. The second-order valence-electron chi connectivity index (χ2n) is 5.70. The van der Waals surface area contributed by atoms with Crippen LogP contribution in [0.4, 0.5) is 0 Å². The molecule has 0 aliphatic heterocycles. The van der Waals surface area contributed by atoms with E-state index in [1.807, 2.05) is 0 Å². The van der Waals surface area contributed by atoms with E-state index < -0.39 is 0 Å². The number of hydrogen-bond acceptors (Lipinski definition) is 2. The Hall–Kier alpha value is -1.15. The fraction of sp³-hybridized carbons (Fsp3) is 0.562. The fourth-order valence-corrected chi connectivity index (χ4v) is 2.13. The molecule has 1 atom stereocenters. The number of hydrogen-bond donors (Lipinski definition) is 1. The van der Waals surface area contributed by atoms with Gasteiger partial charge in [0.2, 0.25) is 0 Å². The summed E-state index contributed by atoms with van der Waals surface area (Å²) in [6, 6.07) is 9.22. The number of carbonyl (C=O) groups is 1. The molecule has 1 aliphatic carbocycles. The maximum atomic E-state index is 11.6. The molecule has 0 radical (unpaired) electrons. The van der Waals surface area contributed by atoms with Crippen molar-refractivity contribution in [1.82, 2.24) is 5.32 Å². The Morgan fingerprint density at radius 2 is 1.89 bits per heavy atom. The van der Waals surface area contributed by atoms with E-state index in [4.69, 9.17) is 0 Å². The largest absolute Gasteiger partial charge is 0.304 e. The van der Waals surface area contributed by atoms with Crippen molar-refractivity contribution in [1.29, 1.82) is 0 Å².